The monoisotopic (exact) mass is 717 g/mol. The number of ether oxygens (including phenoxy) is 1. The summed E-state index contributed by atoms with van der Waals surface area (Å²) in [6, 6.07) is 56.9. The van der Waals surface area contributed by atoms with E-state index >= 15 is 0 Å². The van der Waals surface area contributed by atoms with Crippen LogP contribution in [0.5, 0.6) is 5.75 Å². The minimum atomic E-state index is -0.402. The summed E-state index contributed by atoms with van der Waals surface area (Å²) in [5, 5.41) is 8.96. The molecule has 1 atom stereocenters. The molecule has 2 heterocycles. The zero-order chi connectivity index (χ0) is 37.2. The third-order valence-corrected chi connectivity index (χ3v) is 13.2. The molecule has 1 N–H and O–H groups in total. The van der Waals surface area contributed by atoms with Crippen LogP contribution in [0.3, 0.4) is 0 Å². The van der Waals surface area contributed by atoms with E-state index in [0.29, 0.717) is 6.54 Å². The first-order chi connectivity index (χ1) is 27.5. The highest BCUT2D eigenvalue weighted by atomic mass is 16.5. The maximum atomic E-state index is 7.05. The Kier molecular flexibility index (Phi) is 6.47. The maximum absolute atomic E-state index is 7.05. The Bertz CT molecular complexity index is 3070. The molecule has 0 saturated carbocycles. The predicted molar refractivity (Wildman–Crippen MR) is 233 cm³/mol. The smallest absolute Gasteiger partial charge is 0.139 e. The molecular weight excluding hydrogens is 679 g/mol. The number of nitrogens with one attached hydrogen (secondary N) is 1. The number of benzene rings is 8. The molecule has 2 nitrogen and oxygen atoms in total. The lowest BCUT2D eigenvalue weighted by molar-refractivity contribution is 0.372. The highest BCUT2D eigenvalue weighted by Gasteiger charge is 2.47. The maximum Gasteiger partial charge on any atom is 0.139 e. The largest absolute Gasteiger partial charge is 0.460 e. The summed E-state index contributed by atoms with van der Waals surface area (Å²) in [5.41, 5.74) is 17.0. The highest BCUT2D eigenvalue weighted by Crippen LogP contribution is 2.56. The van der Waals surface area contributed by atoms with E-state index < -0.39 is 5.41 Å². The van der Waals surface area contributed by atoms with Crippen molar-refractivity contribution in [3.8, 4) is 61.4 Å². The van der Waals surface area contributed by atoms with Gasteiger partial charge >= 0.3 is 0 Å². The first-order valence-electron chi connectivity index (χ1n) is 19.9. The van der Waals surface area contributed by atoms with E-state index in [1.165, 1.54) is 88.5 Å². The van der Waals surface area contributed by atoms with Crippen molar-refractivity contribution in [2.45, 2.75) is 31.1 Å². The summed E-state index contributed by atoms with van der Waals surface area (Å²) in [6.45, 7) is 5.43. The topological polar surface area (TPSA) is 21.3 Å². The number of fused-ring (bicyclic) bond motifs is 19. The van der Waals surface area contributed by atoms with Gasteiger partial charge in [0, 0.05) is 34.2 Å². The van der Waals surface area contributed by atoms with Crippen molar-refractivity contribution in [2.24, 2.45) is 0 Å². The molecule has 8 aromatic carbocycles. The van der Waals surface area contributed by atoms with E-state index in [4.69, 9.17) is 4.74 Å². The van der Waals surface area contributed by atoms with E-state index in [9.17, 15) is 0 Å². The van der Waals surface area contributed by atoms with E-state index in [2.05, 4.69) is 189 Å². The Morgan fingerprint density at radius 3 is 2.07 bits per heavy atom. The van der Waals surface area contributed by atoms with E-state index in [-0.39, 0.29) is 5.41 Å². The molecule has 0 aromatic heterocycles. The summed E-state index contributed by atoms with van der Waals surface area (Å²) in [6.07, 6.45) is 7.52. The predicted octanol–water partition coefficient (Wildman–Crippen LogP) is 13.9. The lowest BCUT2D eigenvalue weighted by atomic mass is 9.73. The molecule has 2 heteroatoms. The van der Waals surface area contributed by atoms with Crippen molar-refractivity contribution >= 4 is 27.2 Å². The third kappa shape index (κ3) is 4.33. The molecule has 266 valence electrons. The molecule has 1 unspecified atom stereocenters. The first-order valence-corrected chi connectivity index (χ1v) is 19.9. The van der Waals surface area contributed by atoms with Crippen LogP contribution in [0.4, 0.5) is 5.69 Å². The van der Waals surface area contributed by atoms with Gasteiger partial charge in [0.1, 0.15) is 11.5 Å². The molecule has 1 spiro atoms. The highest BCUT2D eigenvalue weighted by molar-refractivity contribution is 6.12. The molecule has 2 aliphatic heterocycles. The minimum Gasteiger partial charge on any atom is -0.460 e. The zero-order valence-electron chi connectivity index (χ0n) is 31.5. The summed E-state index contributed by atoms with van der Waals surface area (Å²) in [7, 11) is 0. The molecule has 8 aromatic rings. The van der Waals surface area contributed by atoms with Gasteiger partial charge in [-0.25, -0.2) is 0 Å². The van der Waals surface area contributed by atoms with E-state index in [1.54, 1.807) is 0 Å². The molecule has 0 fully saturated rings. The number of anilines is 1. The molecular formula is C54H39NO. The standard InChI is InChI=1S/C54H39NO/c1-53(2)46-22-8-7-20-41(46)44-29-43-37-17-12-15-35(28-37)34-14-11-16-36(27-34)39-25-24-33-13-3-4-18-38(33)51(39)45-30-48-52(42-21-6-5-19-40(42)45)56-50-23-9-10-26-54(48,50)32-55-49(43)31-47(44)53/h3-25,27-31,55H,26,32H2,1-2H3. The van der Waals surface area contributed by atoms with Crippen LogP contribution in [0.2, 0.25) is 0 Å². The van der Waals surface area contributed by atoms with Gasteiger partial charge in [-0.15, -0.1) is 0 Å². The Labute approximate surface area is 327 Å². The summed E-state index contributed by atoms with van der Waals surface area (Å²) >= 11 is 0. The van der Waals surface area contributed by atoms with Gasteiger partial charge in [0.05, 0.1) is 5.41 Å². The average Bonchev–Trinajstić information content (AvgIpc) is 3.70. The van der Waals surface area contributed by atoms with Crippen molar-refractivity contribution < 1.29 is 4.74 Å². The second kappa shape index (κ2) is 11.4. The second-order valence-corrected chi connectivity index (χ2v) is 16.5. The number of allylic oxidation sites excluding steroid dienone is 3. The zero-order valence-corrected chi connectivity index (χ0v) is 31.5. The third-order valence-electron chi connectivity index (χ3n) is 13.2. The van der Waals surface area contributed by atoms with Crippen molar-refractivity contribution in [1.29, 1.82) is 0 Å². The number of hydrogen-bond acceptors (Lipinski definition) is 2. The minimum absolute atomic E-state index is 0.121. The van der Waals surface area contributed by atoms with E-state index in [1.807, 2.05) is 0 Å². The van der Waals surface area contributed by atoms with Crippen molar-refractivity contribution in [1.82, 2.24) is 0 Å². The Hall–Kier alpha value is -6.64. The molecule has 4 aliphatic rings. The molecule has 0 saturated heterocycles. The van der Waals surface area contributed by atoms with Crippen LogP contribution in [0, 0.1) is 0 Å². The summed E-state index contributed by atoms with van der Waals surface area (Å²) < 4.78 is 7.05. The van der Waals surface area contributed by atoms with Gasteiger partial charge in [-0.1, -0.05) is 147 Å². The Morgan fingerprint density at radius 2 is 1.23 bits per heavy atom. The van der Waals surface area contributed by atoms with Crippen LogP contribution < -0.4 is 10.1 Å². The van der Waals surface area contributed by atoms with Crippen LogP contribution in [-0.4, -0.2) is 6.54 Å². The van der Waals surface area contributed by atoms with Gasteiger partial charge in [0.2, 0.25) is 0 Å². The Balaban J connectivity index is 1.19. The summed E-state index contributed by atoms with van der Waals surface area (Å²) in [5.74, 6) is 1.98. The van der Waals surface area contributed by atoms with Crippen molar-refractivity contribution in [3.05, 3.63) is 192 Å². The quantitative estimate of drug-likeness (QED) is 0.169. The van der Waals surface area contributed by atoms with Gasteiger partial charge in [0.15, 0.2) is 0 Å². The van der Waals surface area contributed by atoms with Gasteiger partial charge in [0.25, 0.3) is 0 Å². The first kappa shape index (κ1) is 31.7. The fraction of sp³-hybridized carbons (Fsp3) is 0.111. The Morgan fingerprint density at radius 1 is 0.518 bits per heavy atom. The average molecular weight is 718 g/mol. The molecule has 12 rings (SSSR count). The summed E-state index contributed by atoms with van der Waals surface area (Å²) in [4.78, 5) is 0. The van der Waals surface area contributed by atoms with Gasteiger partial charge in [-0.2, -0.15) is 0 Å². The van der Waals surface area contributed by atoms with Crippen LogP contribution in [-0.2, 0) is 10.8 Å². The molecule has 6 bridgehead atoms. The SMILES string of the molecule is CC1(C)c2ccccc2-c2cc3c(cc21)NCC12CC=CC=C1Oc1c2cc(c2ccccc12)-c1c(ccc2ccccc12)-c1cccc(c1)-c1cccc-3c1. The molecule has 2 aliphatic carbocycles. The van der Waals surface area contributed by atoms with Crippen LogP contribution in [0.25, 0.3) is 77.2 Å². The van der Waals surface area contributed by atoms with Crippen molar-refractivity contribution in [3.63, 3.8) is 0 Å². The molecule has 56 heavy (non-hydrogen) atoms. The number of rotatable bonds is 0. The van der Waals surface area contributed by atoms with Gasteiger partial charge < -0.3 is 10.1 Å². The van der Waals surface area contributed by atoms with Gasteiger partial charge in [-0.3, -0.25) is 0 Å². The lowest BCUT2D eigenvalue weighted by Crippen LogP contribution is -2.35. The normalized spacial score (nSPS) is 17.9. The fourth-order valence-electron chi connectivity index (χ4n) is 10.4. The van der Waals surface area contributed by atoms with Crippen LogP contribution in [0.1, 0.15) is 37.0 Å². The van der Waals surface area contributed by atoms with Crippen LogP contribution in [0.15, 0.2) is 176 Å². The lowest BCUT2D eigenvalue weighted by Gasteiger charge is -2.32. The second-order valence-electron chi connectivity index (χ2n) is 16.5. The van der Waals surface area contributed by atoms with Crippen LogP contribution >= 0.6 is 0 Å². The molecule has 0 amide bonds. The van der Waals surface area contributed by atoms with Crippen molar-refractivity contribution in [2.75, 3.05) is 11.9 Å². The molecule has 0 radical (unpaired) electrons. The van der Waals surface area contributed by atoms with Gasteiger partial charge in [-0.05, 0) is 120 Å². The van der Waals surface area contributed by atoms with E-state index in [0.717, 1.165) is 29.0 Å². The number of hydrogen-bond donors (Lipinski definition) is 1. The fourth-order valence-corrected chi connectivity index (χ4v) is 10.4.